The van der Waals surface area contributed by atoms with Crippen molar-refractivity contribution in [3.05, 3.63) is 80.0 Å². The summed E-state index contributed by atoms with van der Waals surface area (Å²) in [5.41, 5.74) is 5.80. The molecule has 134 valence electrons. The lowest BCUT2D eigenvalue weighted by molar-refractivity contribution is 0.102. The normalized spacial score (nSPS) is 10.8. The highest BCUT2D eigenvalue weighted by Crippen LogP contribution is 2.23. The van der Waals surface area contributed by atoms with Gasteiger partial charge in [-0.25, -0.2) is 0 Å². The first-order valence-electron chi connectivity index (χ1n) is 8.19. The molecule has 1 N–H and O–H groups in total. The molecule has 0 saturated heterocycles. The fourth-order valence-electron chi connectivity index (χ4n) is 2.85. The highest BCUT2D eigenvalue weighted by molar-refractivity contribution is 9.10. The molecule has 0 bridgehead atoms. The molecule has 3 aromatic rings. The second kappa shape index (κ2) is 7.64. The molecule has 0 aliphatic heterocycles. The van der Waals surface area contributed by atoms with Crippen molar-refractivity contribution in [3.63, 3.8) is 0 Å². The molecule has 0 fully saturated rings. The minimum atomic E-state index is -0.233. The van der Waals surface area contributed by atoms with E-state index in [0.29, 0.717) is 10.6 Å². The molecule has 0 radical (unpaired) electrons. The van der Waals surface area contributed by atoms with Gasteiger partial charge in [0.05, 0.1) is 16.3 Å². The number of aromatic nitrogens is 2. The molecule has 2 aromatic carbocycles. The van der Waals surface area contributed by atoms with Crippen LogP contribution >= 0.6 is 27.5 Å². The molecule has 3 rings (SSSR count). The highest BCUT2D eigenvalue weighted by Gasteiger charge is 2.12. The summed E-state index contributed by atoms with van der Waals surface area (Å²) in [4.78, 5) is 12.4. The standard InChI is InChI=1S/C20H19BrClN3O/c1-12-17(13(2)25(3)24-12)10-14-4-7-16(8-5-14)23-20(26)18-11-15(21)6-9-19(18)22/h4-9,11H,10H2,1-3H3,(H,23,26). The first kappa shape index (κ1) is 18.7. The van der Waals surface area contributed by atoms with Crippen LogP contribution in [0.5, 0.6) is 0 Å². The van der Waals surface area contributed by atoms with Crippen LogP contribution in [0.2, 0.25) is 5.02 Å². The van der Waals surface area contributed by atoms with Crippen LogP contribution in [-0.2, 0) is 13.5 Å². The summed E-state index contributed by atoms with van der Waals surface area (Å²) < 4.78 is 2.71. The zero-order valence-corrected chi connectivity index (χ0v) is 17.1. The van der Waals surface area contributed by atoms with Gasteiger partial charge in [0.2, 0.25) is 0 Å². The molecule has 0 saturated carbocycles. The lowest BCUT2D eigenvalue weighted by atomic mass is 10.0. The van der Waals surface area contributed by atoms with E-state index in [0.717, 1.165) is 22.3 Å². The summed E-state index contributed by atoms with van der Waals surface area (Å²) in [6.45, 7) is 4.10. The summed E-state index contributed by atoms with van der Waals surface area (Å²) >= 11 is 9.47. The van der Waals surface area contributed by atoms with Gasteiger partial charge in [0, 0.05) is 34.9 Å². The molecule has 0 spiro atoms. The molecule has 0 aliphatic rings. The van der Waals surface area contributed by atoms with E-state index in [2.05, 4.69) is 33.3 Å². The van der Waals surface area contributed by atoms with E-state index in [9.17, 15) is 4.79 Å². The molecule has 0 unspecified atom stereocenters. The highest BCUT2D eigenvalue weighted by atomic mass is 79.9. The molecule has 4 nitrogen and oxygen atoms in total. The van der Waals surface area contributed by atoms with Crippen molar-refractivity contribution in [2.75, 3.05) is 5.32 Å². The maximum absolute atomic E-state index is 12.4. The Morgan fingerprint density at radius 3 is 2.50 bits per heavy atom. The molecular formula is C20H19BrClN3O. The molecule has 1 aromatic heterocycles. The van der Waals surface area contributed by atoms with Crippen LogP contribution < -0.4 is 5.32 Å². The lowest BCUT2D eigenvalue weighted by Crippen LogP contribution is -2.12. The predicted octanol–water partition coefficient (Wildman–Crippen LogP) is 5.30. The second-order valence-electron chi connectivity index (χ2n) is 6.22. The average Bonchev–Trinajstić information content (AvgIpc) is 2.85. The van der Waals surface area contributed by atoms with E-state index >= 15 is 0 Å². The van der Waals surface area contributed by atoms with Crippen LogP contribution in [-0.4, -0.2) is 15.7 Å². The van der Waals surface area contributed by atoms with Gasteiger partial charge < -0.3 is 5.32 Å². The van der Waals surface area contributed by atoms with Crippen LogP contribution in [0, 0.1) is 13.8 Å². The zero-order valence-electron chi connectivity index (χ0n) is 14.8. The predicted molar refractivity (Wildman–Crippen MR) is 109 cm³/mol. The van der Waals surface area contributed by atoms with Crippen molar-refractivity contribution in [2.24, 2.45) is 7.05 Å². The minimum absolute atomic E-state index is 0.233. The van der Waals surface area contributed by atoms with Crippen LogP contribution in [0.3, 0.4) is 0 Å². The number of hydrogen-bond donors (Lipinski definition) is 1. The molecule has 26 heavy (non-hydrogen) atoms. The minimum Gasteiger partial charge on any atom is -0.322 e. The summed E-state index contributed by atoms with van der Waals surface area (Å²) in [6, 6.07) is 13.0. The maximum Gasteiger partial charge on any atom is 0.257 e. The van der Waals surface area contributed by atoms with Crippen molar-refractivity contribution in [1.29, 1.82) is 0 Å². The van der Waals surface area contributed by atoms with E-state index in [-0.39, 0.29) is 5.91 Å². The Kier molecular flexibility index (Phi) is 5.49. The summed E-state index contributed by atoms with van der Waals surface area (Å²) in [7, 11) is 1.96. The van der Waals surface area contributed by atoms with Crippen LogP contribution in [0.15, 0.2) is 46.9 Å². The van der Waals surface area contributed by atoms with Gasteiger partial charge >= 0.3 is 0 Å². The number of nitrogens with one attached hydrogen (secondary N) is 1. The quantitative estimate of drug-likeness (QED) is 0.608. The number of anilines is 1. The van der Waals surface area contributed by atoms with Gasteiger partial charge in [-0.15, -0.1) is 0 Å². The summed E-state index contributed by atoms with van der Waals surface area (Å²) in [6.07, 6.45) is 0.817. The number of carbonyl (C=O) groups excluding carboxylic acids is 1. The molecule has 6 heteroatoms. The van der Waals surface area contributed by atoms with Gasteiger partial charge in [0.1, 0.15) is 0 Å². The van der Waals surface area contributed by atoms with Crippen LogP contribution in [0.1, 0.15) is 32.9 Å². The topological polar surface area (TPSA) is 46.9 Å². The van der Waals surface area contributed by atoms with Gasteiger partial charge in [0.25, 0.3) is 5.91 Å². The smallest absolute Gasteiger partial charge is 0.257 e. The summed E-state index contributed by atoms with van der Waals surface area (Å²) in [5.74, 6) is -0.233. The average molecular weight is 433 g/mol. The maximum atomic E-state index is 12.4. The van der Waals surface area contributed by atoms with Crippen molar-refractivity contribution >= 4 is 39.1 Å². The van der Waals surface area contributed by atoms with Crippen LogP contribution in [0.4, 0.5) is 5.69 Å². The monoisotopic (exact) mass is 431 g/mol. The van der Waals surface area contributed by atoms with Crippen molar-refractivity contribution < 1.29 is 4.79 Å². The second-order valence-corrected chi connectivity index (χ2v) is 7.55. The number of benzene rings is 2. The molecule has 0 atom stereocenters. The van der Waals surface area contributed by atoms with Gasteiger partial charge in [-0.05, 0) is 49.7 Å². The van der Waals surface area contributed by atoms with E-state index in [1.807, 2.05) is 42.9 Å². The third-order valence-corrected chi connectivity index (χ3v) is 5.25. The fourth-order valence-corrected chi connectivity index (χ4v) is 3.42. The molecule has 0 aliphatic carbocycles. The van der Waals surface area contributed by atoms with Gasteiger partial charge in [-0.1, -0.05) is 39.7 Å². The number of hydrogen-bond acceptors (Lipinski definition) is 2. The SMILES string of the molecule is Cc1nn(C)c(C)c1Cc1ccc(NC(=O)c2cc(Br)ccc2Cl)cc1. The largest absolute Gasteiger partial charge is 0.322 e. The first-order valence-corrected chi connectivity index (χ1v) is 9.36. The third kappa shape index (κ3) is 4.00. The number of carbonyl (C=O) groups is 1. The number of halogens is 2. The number of rotatable bonds is 4. The Hall–Kier alpha value is -2.11. The first-order chi connectivity index (χ1) is 12.3. The van der Waals surface area contributed by atoms with E-state index < -0.39 is 0 Å². The summed E-state index contributed by atoms with van der Waals surface area (Å²) in [5, 5.41) is 7.76. The lowest BCUT2D eigenvalue weighted by Gasteiger charge is -2.09. The molecular weight excluding hydrogens is 414 g/mol. The fraction of sp³-hybridized carbons (Fsp3) is 0.200. The van der Waals surface area contributed by atoms with Crippen molar-refractivity contribution in [3.8, 4) is 0 Å². The van der Waals surface area contributed by atoms with Crippen molar-refractivity contribution in [2.45, 2.75) is 20.3 Å². The Labute approximate surface area is 166 Å². The number of aryl methyl sites for hydroxylation is 2. The molecule has 1 amide bonds. The van der Waals surface area contributed by atoms with Gasteiger partial charge in [-0.3, -0.25) is 9.48 Å². The zero-order chi connectivity index (χ0) is 18.8. The number of amides is 1. The Bertz CT molecular complexity index is 964. The Morgan fingerprint density at radius 2 is 1.88 bits per heavy atom. The number of nitrogens with zero attached hydrogens (tertiary/aromatic N) is 2. The van der Waals surface area contributed by atoms with Crippen molar-refractivity contribution in [1.82, 2.24) is 9.78 Å². The molecule has 1 heterocycles. The Morgan fingerprint density at radius 1 is 1.19 bits per heavy atom. The van der Waals surface area contributed by atoms with Crippen LogP contribution in [0.25, 0.3) is 0 Å². The third-order valence-electron chi connectivity index (χ3n) is 4.42. The van der Waals surface area contributed by atoms with E-state index in [1.165, 1.54) is 16.8 Å². The van der Waals surface area contributed by atoms with E-state index in [1.54, 1.807) is 18.2 Å². The van der Waals surface area contributed by atoms with E-state index in [4.69, 9.17) is 11.6 Å². The Balaban J connectivity index is 1.73. The van der Waals surface area contributed by atoms with Gasteiger partial charge in [0.15, 0.2) is 0 Å². The van der Waals surface area contributed by atoms with Gasteiger partial charge in [-0.2, -0.15) is 5.10 Å².